The van der Waals surface area contributed by atoms with Crippen molar-refractivity contribution in [2.24, 2.45) is 7.05 Å². The molecule has 1 aromatic heterocycles. The molecule has 1 fully saturated rings. The molecule has 1 amide bonds. The number of aromatic nitrogens is 1. The van der Waals surface area contributed by atoms with E-state index in [1.807, 2.05) is 6.92 Å². The van der Waals surface area contributed by atoms with Crippen LogP contribution in [0.1, 0.15) is 46.2 Å². The molecule has 7 nitrogen and oxygen atoms in total. The topological polar surface area (TPSA) is 78.8 Å². The van der Waals surface area contributed by atoms with Crippen LogP contribution in [0.25, 0.3) is 10.9 Å². The fourth-order valence-corrected chi connectivity index (χ4v) is 4.01. The highest BCUT2D eigenvalue weighted by atomic mass is 19.1. The van der Waals surface area contributed by atoms with Crippen LogP contribution in [-0.2, 0) is 16.5 Å². The first-order valence-corrected chi connectivity index (χ1v) is 11.0. The zero-order chi connectivity index (χ0) is 23.5. The Kier molecular flexibility index (Phi) is 6.65. The van der Waals surface area contributed by atoms with Crippen LogP contribution in [0, 0.1) is 12.7 Å². The largest absolute Gasteiger partial charge is 0.491 e. The zero-order valence-electron chi connectivity index (χ0n) is 18.9. The lowest BCUT2D eigenvalue weighted by molar-refractivity contribution is 0.0515. The highest BCUT2D eigenvalue weighted by Gasteiger charge is 2.20. The summed E-state index contributed by atoms with van der Waals surface area (Å²) >= 11 is 0. The van der Waals surface area contributed by atoms with Crippen molar-refractivity contribution in [1.29, 1.82) is 0 Å². The second-order valence-electron chi connectivity index (χ2n) is 8.02. The van der Waals surface area contributed by atoms with Crippen molar-refractivity contribution in [2.75, 3.05) is 25.1 Å². The fraction of sp³-hybridized carbons (Fsp3) is 0.360. The molecule has 4 rings (SSSR count). The number of esters is 1. The molecule has 1 atom stereocenters. The molecule has 1 aliphatic rings. The van der Waals surface area contributed by atoms with Crippen LogP contribution in [0.2, 0.25) is 0 Å². The van der Waals surface area contributed by atoms with Gasteiger partial charge in [0.1, 0.15) is 23.9 Å². The van der Waals surface area contributed by atoms with E-state index in [2.05, 4.69) is 5.32 Å². The van der Waals surface area contributed by atoms with Gasteiger partial charge in [-0.25, -0.2) is 9.18 Å². The van der Waals surface area contributed by atoms with Crippen molar-refractivity contribution in [3.05, 3.63) is 59.0 Å². The van der Waals surface area contributed by atoms with Crippen LogP contribution < -0.4 is 10.1 Å². The third-order valence-electron chi connectivity index (χ3n) is 5.87. The molecule has 1 N–H and O–H groups in total. The highest BCUT2D eigenvalue weighted by Crippen LogP contribution is 2.29. The molecule has 0 unspecified atom stereocenters. The fourth-order valence-electron chi connectivity index (χ4n) is 4.01. The molecule has 2 heterocycles. The third-order valence-corrected chi connectivity index (χ3v) is 5.87. The molecular formula is C25H27FN2O5. The van der Waals surface area contributed by atoms with Crippen molar-refractivity contribution < 1.29 is 28.2 Å². The van der Waals surface area contributed by atoms with Gasteiger partial charge in [-0.05, 0) is 62.6 Å². The summed E-state index contributed by atoms with van der Waals surface area (Å²) in [6.07, 6.45) is 1.95. The quantitative estimate of drug-likeness (QED) is 0.528. The van der Waals surface area contributed by atoms with Gasteiger partial charge in [-0.2, -0.15) is 0 Å². The Morgan fingerprint density at radius 2 is 2.06 bits per heavy atom. The maximum Gasteiger partial charge on any atom is 0.354 e. The van der Waals surface area contributed by atoms with Crippen LogP contribution in [0.3, 0.4) is 0 Å². The maximum atomic E-state index is 14.6. The molecule has 33 heavy (non-hydrogen) atoms. The lowest BCUT2D eigenvalue weighted by Crippen LogP contribution is -2.17. The van der Waals surface area contributed by atoms with Gasteiger partial charge in [0.15, 0.2) is 0 Å². The second kappa shape index (κ2) is 9.62. The van der Waals surface area contributed by atoms with Crippen molar-refractivity contribution in [2.45, 2.75) is 32.8 Å². The van der Waals surface area contributed by atoms with Crippen LogP contribution >= 0.6 is 0 Å². The number of benzene rings is 2. The van der Waals surface area contributed by atoms with Gasteiger partial charge in [-0.3, -0.25) is 4.79 Å². The minimum atomic E-state index is -0.666. The van der Waals surface area contributed by atoms with Gasteiger partial charge >= 0.3 is 5.97 Å². The summed E-state index contributed by atoms with van der Waals surface area (Å²) in [6, 6.07) is 9.47. The van der Waals surface area contributed by atoms with E-state index in [1.54, 1.807) is 42.8 Å². The predicted molar refractivity (Wildman–Crippen MR) is 122 cm³/mol. The third kappa shape index (κ3) is 4.71. The van der Waals surface area contributed by atoms with Gasteiger partial charge in [0.2, 0.25) is 0 Å². The van der Waals surface area contributed by atoms with Gasteiger partial charge in [0.05, 0.1) is 18.3 Å². The van der Waals surface area contributed by atoms with E-state index in [1.165, 1.54) is 12.1 Å². The molecule has 0 aliphatic carbocycles. The summed E-state index contributed by atoms with van der Waals surface area (Å²) in [6.45, 7) is 4.95. The molecule has 0 bridgehead atoms. The van der Waals surface area contributed by atoms with Crippen molar-refractivity contribution >= 4 is 28.5 Å². The minimum absolute atomic E-state index is 0.0243. The number of halogens is 1. The molecule has 2 aromatic carbocycles. The van der Waals surface area contributed by atoms with Gasteiger partial charge in [-0.1, -0.05) is 0 Å². The number of rotatable bonds is 7. The lowest BCUT2D eigenvalue weighted by atomic mass is 10.1. The Labute approximate surface area is 191 Å². The predicted octanol–water partition coefficient (Wildman–Crippen LogP) is 4.61. The van der Waals surface area contributed by atoms with Gasteiger partial charge < -0.3 is 24.1 Å². The average Bonchev–Trinajstić information content (AvgIpc) is 3.43. The van der Waals surface area contributed by atoms with Gasteiger partial charge in [0, 0.05) is 36.3 Å². The number of fused-ring (bicyclic) bond motifs is 1. The number of ether oxygens (including phenoxy) is 3. The van der Waals surface area contributed by atoms with E-state index >= 15 is 0 Å². The number of carbonyl (C=O) groups is 2. The minimum Gasteiger partial charge on any atom is -0.491 e. The normalized spacial score (nSPS) is 15.6. The number of hydrogen-bond donors (Lipinski definition) is 1. The lowest BCUT2D eigenvalue weighted by Gasteiger charge is -2.13. The standard InChI is InChI=1S/C25H27FN2O5/c1-4-31-25(30)23-13-19-15(2)21(9-10-22(19)28(23)3)27-24(29)18-8-7-16(12-20(18)26)33-14-17-6-5-11-32-17/h7-10,12-13,17H,4-6,11,14H2,1-3H3,(H,27,29)/t17-/m0/s1. The molecular weight excluding hydrogens is 427 g/mol. The van der Waals surface area contributed by atoms with Crippen molar-refractivity contribution in [3.63, 3.8) is 0 Å². The number of hydrogen-bond acceptors (Lipinski definition) is 5. The summed E-state index contributed by atoms with van der Waals surface area (Å²) in [5, 5.41) is 3.58. The molecule has 1 aliphatic heterocycles. The average molecular weight is 454 g/mol. The monoisotopic (exact) mass is 454 g/mol. The van der Waals surface area contributed by atoms with E-state index in [4.69, 9.17) is 14.2 Å². The molecule has 1 saturated heterocycles. The van der Waals surface area contributed by atoms with Crippen LogP contribution in [0.5, 0.6) is 5.75 Å². The first kappa shape index (κ1) is 22.8. The summed E-state index contributed by atoms with van der Waals surface area (Å²) in [7, 11) is 1.78. The number of nitrogens with zero attached hydrogens (tertiary/aromatic N) is 1. The Morgan fingerprint density at radius 3 is 2.76 bits per heavy atom. The number of anilines is 1. The van der Waals surface area contributed by atoms with Crippen LogP contribution in [0.15, 0.2) is 36.4 Å². The van der Waals surface area contributed by atoms with E-state index < -0.39 is 17.7 Å². The SMILES string of the molecule is CCOC(=O)c1cc2c(C)c(NC(=O)c3ccc(OC[C@@H]4CCCO4)cc3F)ccc2n1C. The van der Waals surface area contributed by atoms with Crippen molar-refractivity contribution in [1.82, 2.24) is 4.57 Å². The number of amides is 1. The smallest absolute Gasteiger partial charge is 0.354 e. The molecule has 3 aromatic rings. The first-order chi connectivity index (χ1) is 15.9. The number of carbonyl (C=O) groups excluding carboxylic acids is 2. The summed E-state index contributed by atoms with van der Waals surface area (Å²) in [5.41, 5.74) is 2.46. The summed E-state index contributed by atoms with van der Waals surface area (Å²) in [4.78, 5) is 25.0. The van der Waals surface area contributed by atoms with E-state index in [0.717, 1.165) is 35.9 Å². The molecule has 0 radical (unpaired) electrons. The molecule has 8 heteroatoms. The van der Waals surface area contributed by atoms with Crippen LogP contribution in [-0.4, -0.2) is 42.4 Å². The summed E-state index contributed by atoms with van der Waals surface area (Å²) < 4.78 is 32.6. The first-order valence-electron chi connectivity index (χ1n) is 11.0. The van der Waals surface area contributed by atoms with Crippen LogP contribution in [0.4, 0.5) is 10.1 Å². The van der Waals surface area contributed by atoms with Crippen molar-refractivity contribution in [3.8, 4) is 5.75 Å². The zero-order valence-corrected chi connectivity index (χ0v) is 18.9. The maximum absolute atomic E-state index is 14.6. The number of nitrogens with one attached hydrogen (secondary N) is 1. The molecule has 0 spiro atoms. The Bertz CT molecular complexity index is 1200. The van der Waals surface area contributed by atoms with E-state index in [9.17, 15) is 14.0 Å². The van der Waals surface area contributed by atoms with Gasteiger partial charge in [-0.15, -0.1) is 0 Å². The van der Waals surface area contributed by atoms with E-state index in [-0.39, 0.29) is 18.3 Å². The highest BCUT2D eigenvalue weighted by molar-refractivity contribution is 6.07. The Balaban J connectivity index is 1.51. The van der Waals surface area contributed by atoms with E-state index in [0.29, 0.717) is 23.7 Å². The Hall–Kier alpha value is -3.39. The van der Waals surface area contributed by atoms with Gasteiger partial charge in [0.25, 0.3) is 5.91 Å². The Morgan fingerprint density at radius 1 is 1.24 bits per heavy atom. The number of aryl methyl sites for hydroxylation is 2. The second-order valence-corrected chi connectivity index (χ2v) is 8.02. The summed E-state index contributed by atoms with van der Waals surface area (Å²) in [5.74, 6) is -1.29. The molecule has 0 saturated carbocycles. The molecule has 174 valence electrons.